The minimum atomic E-state index is -0.530. The first-order valence-corrected chi connectivity index (χ1v) is 4.66. The van der Waals surface area contributed by atoms with E-state index in [1.807, 2.05) is 38.1 Å². The first kappa shape index (κ1) is 10.6. The molecule has 0 aliphatic rings. The van der Waals surface area contributed by atoms with E-state index in [2.05, 4.69) is 0 Å². The number of benzene rings is 1. The highest BCUT2D eigenvalue weighted by atomic mass is 16.5. The molecule has 0 fully saturated rings. The Morgan fingerprint density at radius 2 is 2.00 bits per heavy atom. The Morgan fingerprint density at radius 3 is 2.43 bits per heavy atom. The van der Waals surface area contributed by atoms with Gasteiger partial charge in [0.15, 0.2) is 6.10 Å². The Hall–Kier alpha value is -1.51. The van der Waals surface area contributed by atoms with Gasteiger partial charge in [0.2, 0.25) is 0 Å². The van der Waals surface area contributed by atoms with Crippen molar-refractivity contribution in [2.75, 3.05) is 0 Å². The van der Waals surface area contributed by atoms with Crippen LogP contribution in [0.5, 0.6) is 5.75 Å². The van der Waals surface area contributed by atoms with Crippen LogP contribution in [0.4, 0.5) is 0 Å². The second kappa shape index (κ2) is 4.65. The van der Waals surface area contributed by atoms with Crippen molar-refractivity contribution >= 4 is 5.91 Å². The van der Waals surface area contributed by atoms with Crippen molar-refractivity contribution in [3.05, 3.63) is 29.8 Å². The quantitative estimate of drug-likeness (QED) is 0.790. The van der Waals surface area contributed by atoms with Crippen LogP contribution < -0.4 is 10.5 Å². The fourth-order valence-corrected chi connectivity index (χ4v) is 1.12. The summed E-state index contributed by atoms with van der Waals surface area (Å²) in [5.41, 5.74) is 6.32. The lowest BCUT2D eigenvalue weighted by Gasteiger charge is -2.13. The molecule has 1 aromatic carbocycles. The molecule has 1 amide bonds. The van der Waals surface area contributed by atoms with E-state index in [9.17, 15) is 4.79 Å². The number of hydrogen-bond donors (Lipinski definition) is 1. The highest BCUT2D eigenvalue weighted by Gasteiger charge is 2.13. The molecule has 3 nitrogen and oxygen atoms in total. The zero-order valence-corrected chi connectivity index (χ0v) is 8.49. The van der Waals surface area contributed by atoms with Crippen molar-refractivity contribution in [3.63, 3.8) is 0 Å². The van der Waals surface area contributed by atoms with E-state index >= 15 is 0 Å². The molecule has 0 bridgehead atoms. The molecule has 0 saturated carbocycles. The van der Waals surface area contributed by atoms with Gasteiger partial charge in [-0.2, -0.15) is 0 Å². The van der Waals surface area contributed by atoms with E-state index in [1.165, 1.54) is 0 Å². The van der Waals surface area contributed by atoms with E-state index in [4.69, 9.17) is 10.5 Å². The molecule has 14 heavy (non-hydrogen) atoms. The lowest BCUT2D eigenvalue weighted by Crippen LogP contribution is -2.32. The SMILES string of the molecule is CC[C@H](Oc1ccc(C)cc1)C(N)=O. The van der Waals surface area contributed by atoms with E-state index < -0.39 is 12.0 Å². The summed E-state index contributed by atoms with van der Waals surface area (Å²) in [6.45, 7) is 3.86. The number of hydrogen-bond acceptors (Lipinski definition) is 2. The Bertz CT molecular complexity index is 306. The third-order valence-electron chi connectivity index (χ3n) is 1.99. The minimum absolute atomic E-state index is 0.423. The summed E-state index contributed by atoms with van der Waals surface area (Å²) >= 11 is 0. The smallest absolute Gasteiger partial charge is 0.258 e. The van der Waals surface area contributed by atoms with Gasteiger partial charge in [0.25, 0.3) is 5.91 Å². The fraction of sp³-hybridized carbons (Fsp3) is 0.364. The standard InChI is InChI=1S/C11H15NO2/c1-3-10(11(12)13)14-9-6-4-8(2)5-7-9/h4-7,10H,3H2,1-2H3,(H2,12,13)/t10-/m0/s1. The molecule has 1 aromatic rings. The van der Waals surface area contributed by atoms with Gasteiger partial charge in [0.1, 0.15) is 5.75 Å². The Labute approximate surface area is 83.9 Å². The van der Waals surface area contributed by atoms with Crippen molar-refractivity contribution in [3.8, 4) is 5.75 Å². The average Bonchev–Trinajstić information content (AvgIpc) is 2.16. The molecule has 0 aromatic heterocycles. The molecule has 3 heteroatoms. The molecular formula is C11H15NO2. The van der Waals surface area contributed by atoms with E-state index in [-0.39, 0.29) is 0 Å². The summed E-state index contributed by atoms with van der Waals surface area (Å²) in [4.78, 5) is 10.9. The largest absolute Gasteiger partial charge is 0.481 e. The summed E-state index contributed by atoms with van der Waals surface area (Å²) in [7, 11) is 0. The number of carbonyl (C=O) groups excluding carboxylic acids is 1. The van der Waals surface area contributed by atoms with Gasteiger partial charge in [0, 0.05) is 0 Å². The van der Waals surface area contributed by atoms with Gasteiger partial charge in [0.05, 0.1) is 0 Å². The normalized spacial score (nSPS) is 12.1. The topological polar surface area (TPSA) is 52.3 Å². The van der Waals surface area contributed by atoms with Gasteiger partial charge in [-0.25, -0.2) is 0 Å². The van der Waals surface area contributed by atoms with E-state index in [0.29, 0.717) is 12.2 Å². The third-order valence-corrected chi connectivity index (χ3v) is 1.99. The molecule has 0 aliphatic carbocycles. The fourth-order valence-electron chi connectivity index (χ4n) is 1.12. The van der Waals surface area contributed by atoms with Gasteiger partial charge < -0.3 is 10.5 Å². The second-order valence-electron chi connectivity index (χ2n) is 3.23. The maximum absolute atomic E-state index is 10.9. The maximum Gasteiger partial charge on any atom is 0.258 e. The zero-order chi connectivity index (χ0) is 10.6. The monoisotopic (exact) mass is 193 g/mol. The maximum atomic E-state index is 10.9. The molecule has 0 aliphatic heterocycles. The highest BCUT2D eigenvalue weighted by Crippen LogP contribution is 2.14. The molecule has 1 rings (SSSR count). The van der Waals surface area contributed by atoms with Gasteiger partial charge in [-0.05, 0) is 25.5 Å². The molecule has 0 heterocycles. The number of carbonyl (C=O) groups is 1. The Balaban J connectivity index is 2.67. The molecule has 76 valence electrons. The number of ether oxygens (including phenoxy) is 1. The van der Waals surface area contributed by atoms with Crippen molar-refractivity contribution in [2.24, 2.45) is 5.73 Å². The van der Waals surface area contributed by atoms with Crippen LogP contribution in [0.25, 0.3) is 0 Å². The summed E-state index contributed by atoms with van der Waals surface area (Å²) in [5, 5.41) is 0. The number of nitrogens with two attached hydrogens (primary N) is 1. The number of primary amides is 1. The van der Waals surface area contributed by atoms with Crippen LogP contribution in [-0.4, -0.2) is 12.0 Å². The summed E-state index contributed by atoms with van der Waals surface area (Å²) in [6.07, 6.45) is 0.0566. The van der Waals surface area contributed by atoms with Crippen LogP contribution in [-0.2, 0) is 4.79 Å². The molecule has 1 atom stereocenters. The van der Waals surface area contributed by atoms with Gasteiger partial charge in [-0.1, -0.05) is 24.6 Å². The molecule has 2 N–H and O–H groups in total. The van der Waals surface area contributed by atoms with Crippen molar-refractivity contribution in [1.29, 1.82) is 0 Å². The predicted octanol–water partition coefficient (Wildman–Crippen LogP) is 1.64. The average molecular weight is 193 g/mol. The number of amides is 1. The van der Waals surface area contributed by atoms with Crippen molar-refractivity contribution < 1.29 is 9.53 Å². The highest BCUT2D eigenvalue weighted by molar-refractivity contribution is 5.79. The summed E-state index contributed by atoms with van der Waals surface area (Å²) < 4.78 is 5.41. The first-order chi connectivity index (χ1) is 6.63. The van der Waals surface area contributed by atoms with E-state index in [1.54, 1.807) is 0 Å². The lowest BCUT2D eigenvalue weighted by atomic mass is 10.2. The predicted molar refractivity (Wildman–Crippen MR) is 55.1 cm³/mol. The molecule has 0 unspecified atom stereocenters. The van der Waals surface area contributed by atoms with Crippen LogP contribution in [0.3, 0.4) is 0 Å². The van der Waals surface area contributed by atoms with Gasteiger partial charge in [-0.15, -0.1) is 0 Å². The van der Waals surface area contributed by atoms with Crippen LogP contribution in [0.1, 0.15) is 18.9 Å². The van der Waals surface area contributed by atoms with Crippen LogP contribution in [0.2, 0.25) is 0 Å². The van der Waals surface area contributed by atoms with Crippen LogP contribution in [0, 0.1) is 6.92 Å². The number of aryl methyl sites for hydroxylation is 1. The Kier molecular flexibility index (Phi) is 3.51. The summed E-state index contributed by atoms with van der Waals surface area (Å²) in [5.74, 6) is 0.259. The van der Waals surface area contributed by atoms with Crippen molar-refractivity contribution in [1.82, 2.24) is 0 Å². The van der Waals surface area contributed by atoms with Crippen LogP contribution >= 0.6 is 0 Å². The molecule has 0 radical (unpaired) electrons. The van der Waals surface area contributed by atoms with Gasteiger partial charge in [-0.3, -0.25) is 4.79 Å². The summed E-state index contributed by atoms with van der Waals surface area (Å²) in [6, 6.07) is 7.54. The number of rotatable bonds is 4. The molecule has 0 spiro atoms. The van der Waals surface area contributed by atoms with Gasteiger partial charge >= 0.3 is 0 Å². The Morgan fingerprint density at radius 1 is 1.43 bits per heavy atom. The second-order valence-corrected chi connectivity index (χ2v) is 3.23. The van der Waals surface area contributed by atoms with Crippen molar-refractivity contribution in [2.45, 2.75) is 26.4 Å². The third kappa shape index (κ3) is 2.76. The zero-order valence-electron chi connectivity index (χ0n) is 8.49. The molecular weight excluding hydrogens is 178 g/mol. The molecule has 0 saturated heterocycles. The lowest BCUT2D eigenvalue weighted by molar-refractivity contribution is -0.124. The van der Waals surface area contributed by atoms with Crippen LogP contribution in [0.15, 0.2) is 24.3 Å². The van der Waals surface area contributed by atoms with E-state index in [0.717, 1.165) is 5.56 Å². The first-order valence-electron chi connectivity index (χ1n) is 4.66. The minimum Gasteiger partial charge on any atom is -0.481 e.